The number of hydrogen-bond acceptors (Lipinski definition) is 3. The van der Waals surface area contributed by atoms with Crippen LogP contribution in [0.25, 0.3) is 99.3 Å². The van der Waals surface area contributed by atoms with Crippen molar-refractivity contribution in [2.75, 3.05) is 0 Å². The van der Waals surface area contributed by atoms with E-state index in [1.807, 2.05) is 30.3 Å². The van der Waals surface area contributed by atoms with Gasteiger partial charge in [-0.1, -0.05) is 140 Å². The Balaban J connectivity index is 1.16. The topological polar surface area (TPSA) is 38.9 Å². The summed E-state index contributed by atoms with van der Waals surface area (Å²) in [6, 6.07) is 59.8. The van der Waals surface area contributed by atoms with E-state index in [0.717, 1.165) is 61.1 Å². The maximum Gasteiger partial charge on any atom is 0.160 e. The molecule has 0 saturated heterocycles. The number of rotatable bonds is 4. The second-order valence-electron chi connectivity index (χ2n) is 12.6. The van der Waals surface area contributed by atoms with Crippen molar-refractivity contribution in [2.45, 2.75) is 0 Å². The molecule has 8 aromatic carbocycles. The van der Waals surface area contributed by atoms with Gasteiger partial charge in [0.1, 0.15) is 11.2 Å². The molecule has 3 nitrogen and oxygen atoms in total. The number of aromatic nitrogens is 2. The fourth-order valence-electron chi connectivity index (χ4n) is 7.27. The molecule has 0 unspecified atom stereocenters. The average Bonchev–Trinajstić information content (AvgIpc) is 3.55. The highest BCUT2D eigenvalue weighted by Crippen LogP contribution is 2.40. The van der Waals surface area contributed by atoms with Gasteiger partial charge in [0.2, 0.25) is 0 Å². The van der Waals surface area contributed by atoms with E-state index in [9.17, 15) is 0 Å². The van der Waals surface area contributed by atoms with Crippen LogP contribution in [-0.4, -0.2) is 9.97 Å². The first-order chi connectivity index (χ1) is 24.3. The molecular formula is C46H28N2O. The Morgan fingerprint density at radius 1 is 0.327 bits per heavy atom. The van der Waals surface area contributed by atoms with Crippen LogP contribution in [0.5, 0.6) is 0 Å². The van der Waals surface area contributed by atoms with Crippen LogP contribution in [0.3, 0.4) is 0 Å². The summed E-state index contributed by atoms with van der Waals surface area (Å²) >= 11 is 0. The van der Waals surface area contributed by atoms with Crippen LogP contribution in [0.1, 0.15) is 0 Å². The van der Waals surface area contributed by atoms with Crippen LogP contribution in [0.15, 0.2) is 174 Å². The number of furan rings is 1. The Labute approximate surface area is 282 Å². The van der Waals surface area contributed by atoms with Gasteiger partial charge in [-0.15, -0.1) is 0 Å². The number of hydrogen-bond donors (Lipinski definition) is 0. The largest absolute Gasteiger partial charge is 0.456 e. The molecule has 2 heterocycles. The zero-order valence-corrected chi connectivity index (χ0v) is 26.5. The summed E-state index contributed by atoms with van der Waals surface area (Å²) in [4.78, 5) is 10.4. The third-order valence-electron chi connectivity index (χ3n) is 9.67. The quantitative estimate of drug-likeness (QED) is 0.144. The zero-order chi connectivity index (χ0) is 32.3. The van der Waals surface area contributed by atoms with Gasteiger partial charge >= 0.3 is 0 Å². The van der Waals surface area contributed by atoms with Crippen LogP contribution in [0.4, 0.5) is 0 Å². The first-order valence-electron chi connectivity index (χ1n) is 16.6. The minimum atomic E-state index is 0.705. The van der Waals surface area contributed by atoms with Gasteiger partial charge in [-0.3, -0.25) is 0 Å². The van der Waals surface area contributed by atoms with E-state index in [2.05, 4.69) is 140 Å². The lowest BCUT2D eigenvalue weighted by Gasteiger charge is -2.15. The Kier molecular flexibility index (Phi) is 6.18. The van der Waals surface area contributed by atoms with E-state index < -0.39 is 0 Å². The lowest BCUT2D eigenvalue weighted by Crippen LogP contribution is -1.97. The molecule has 228 valence electrons. The van der Waals surface area contributed by atoms with E-state index in [1.54, 1.807) is 0 Å². The average molecular weight is 625 g/mol. The molecule has 10 aromatic rings. The normalized spacial score (nSPS) is 11.7. The summed E-state index contributed by atoms with van der Waals surface area (Å²) in [5.41, 5.74) is 9.03. The lowest BCUT2D eigenvalue weighted by atomic mass is 9.91. The molecule has 0 aliphatic rings. The van der Waals surface area contributed by atoms with Crippen molar-refractivity contribution < 1.29 is 4.42 Å². The van der Waals surface area contributed by atoms with Crippen LogP contribution < -0.4 is 0 Å². The Morgan fingerprint density at radius 2 is 0.980 bits per heavy atom. The van der Waals surface area contributed by atoms with Crippen LogP contribution in [-0.2, 0) is 0 Å². The Hall–Kier alpha value is -6.58. The molecule has 0 saturated carbocycles. The summed E-state index contributed by atoms with van der Waals surface area (Å²) in [6.45, 7) is 0. The molecule has 3 heteroatoms. The second kappa shape index (κ2) is 11.0. The first-order valence-corrected chi connectivity index (χ1v) is 16.6. The highest BCUT2D eigenvalue weighted by atomic mass is 16.3. The number of nitrogens with zero attached hydrogens (tertiary/aromatic N) is 2. The second-order valence-corrected chi connectivity index (χ2v) is 12.6. The smallest absolute Gasteiger partial charge is 0.160 e. The summed E-state index contributed by atoms with van der Waals surface area (Å²) < 4.78 is 6.08. The van der Waals surface area contributed by atoms with Crippen molar-refractivity contribution in [3.05, 3.63) is 170 Å². The van der Waals surface area contributed by atoms with Crippen LogP contribution in [0.2, 0.25) is 0 Å². The van der Waals surface area contributed by atoms with Crippen molar-refractivity contribution in [1.29, 1.82) is 0 Å². The van der Waals surface area contributed by atoms with Gasteiger partial charge in [0.15, 0.2) is 5.82 Å². The summed E-state index contributed by atoms with van der Waals surface area (Å²) in [5, 5.41) is 9.48. The number of para-hydroxylation sites is 1. The fraction of sp³-hybridized carbons (Fsp3) is 0. The molecule has 0 aliphatic heterocycles. The van der Waals surface area contributed by atoms with E-state index in [0.29, 0.717) is 5.82 Å². The standard InChI is InChI=1S/C46H28N2O/c1-2-11-32(12-3-1)46-47-41(31-20-18-29(19-21-31)33-23-25-44-40(26-33)37-16-8-9-17-43(37)49-44)28-42(48-46)45-36-15-7-5-13-34(36)27-39-35-14-6-4-10-30(35)22-24-38(39)45/h1-28H. The van der Waals surface area contributed by atoms with Crippen molar-refractivity contribution in [3.8, 4) is 45.0 Å². The van der Waals surface area contributed by atoms with E-state index in [1.165, 1.54) is 32.3 Å². The molecule has 0 amide bonds. The molecule has 0 radical (unpaired) electrons. The van der Waals surface area contributed by atoms with Gasteiger partial charge in [0.25, 0.3) is 0 Å². The lowest BCUT2D eigenvalue weighted by molar-refractivity contribution is 0.669. The van der Waals surface area contributed by atoms with Crippen molar-refractivity contribution in [1.82, 2.24) is 9.97 Å². The Morgan fingerprint density at radius 3 is 1.84 bits per heavy atom. The molecule has 10 rings (SSSR count). The van der Waals surface area contributed by atoms with Crippen molar-refractivity contribution >= 4 is 54.3 Å². The molecule has 0 atom stereocenters. The first kappa shape index (κ1) is 27.5. The molecule has 0 spiro atoms. The molecule has 0 N–H and O–H groups in total. The highest BCUT2D eigenvalue weighted by Gasteiger charge is 2.17. The van der Waals surface area contributed by atoms with Gasteiger partial charge < -0.3 is 4.42 Å². The number of fused-ring (bicyclic) bond motifs is 7. The summed E-state index contributed by atoms with van der Waals surface area (Å²) in [6.07, 6.45) is 0. The fourth-order valence-corrected chi connectivity index (χ4v) is 7.27. The molecular weight excluding hydrogens is 597 g/mol. The van der Waals surface area contributed by atoms with E-state index in [-0.39, 0.29) is 0 Å². The van der Waals surface area contributed by atoms with Gasteiger partial charge in [0, 0.05) is 27.5 Å². The molecule has 49 heavy (non-hydrogen) atoms. The van der Waals surface area contributed by atoms with Gasteiger partial charge in [-0.05, 0) is 73.8 Å². The maximum atomic E-state index is 6.08. The predicted molar refractivity (Wildman–Crippen MR) is 204 cm³/mol. The van der Waals surface area contributed by atoms with Gasteiger partial charge in [-0.2, -0.15) is 0 Å². The SMILES string of the molecule is c1ccc(-c2nc(-c3ccc(-c4ccc5oc6ccccc6c5c4)cc3)cc(-c3c4ccccc4cc4c3ccc3ccccc34)n2)cc1. The minimum Gasteiger partial charge on any atom is -0.456 e. The van der Waals surface area contributed by atoms with Gasteiger partial charge in [-0.25, -0.2) is 9.97 Å². The van der Waals surface area contributed by atoms with Crippen molar-refractivity contribution in [3.63, 3.8) is 0 Å². The summed E-state index contributed by atoms with van der Waals surface area (Å²) in [5.74, 6) is 0.705. The van der Waals surface area contributed by atoms with Crippen LogP contribution in [0, 0.1) is 0 Å². The van der Waals surface area contributed by atoms with E-state index >= 15 is 0 Å². The maximum absolute atomic E-state index is 6.08. The molecule has 0 aliphatic carbocycles. The molecule has 0 fully saturated rings. The zero-order valence-electron chi connectivity index (χ0n) is 26.5. The third-order valence-corrected chi connectivity index (χ3v) is 9.67. The highest BCUT2D eigenvalue weighted by molar-refractivity contribution is 6.19. The van der Waals surface area contributed by atoms with Gasteiger partial charge in [0.05, 0.1) is 11.4 Å². The molecule has 0 bridgehead atoms. The summed E-state index contributed by atoms with van der Waals surface area (Å²) in [7, 11) is 0. The van der Waals surface area contributed by atoms with E-state index in [4.69, 9.17) is 14.4 Å². The number of benzene rings is 8. The predicted octanol–water partition coefficient (Wildman–Crippen LogP) is 12.5. The van der Waals surface area contributed by atoms with Crippen LogP contribution >= 0.6 is 0 Å². The molecule has 2 aromatic heterocycles. The third kappa shape index (κ3) is 4.59. The van der Waals surface area contributed by atoms with Crippen molar-refractivity contribution in [2.24, 2.45) is 0 Å². The minimum absolute atomic E-state index is 0.705. The Bertz CT molecular complexity index is 2870. The monoisotopic (exact) mass is 624 g/mol.